The number of fused-ring (bicyclic) bond motifs is 1. The van der Waals surface area contributed by atoms with E-state index >= 15 is 0 Å². The molecule has 0 aromatic heterocycles. The molecule has 0 bridgehead atoms. The number of carbonyl (C=O) groups excluding carboxylic acids is 2. The van der Waals surface area contributed by atoms with Crippen LogP contribution >= 0.6 is 11.8 Å². The van der Waals surface area contributed by atoms with Crippen molar-refractivity contribution in [3.63, 3.8) is 0 Å². The van der Waals surface area contributed by atoms with Crippen LogP contribution in [0.3, 0.4) is 0 Å². The van der Waals surface area contributed by atoms with Crippen molar-refractivity contribution in [2.45, 2.75) is 11.3 Å². The van der Waals surface area contributed by atoms with Crippen LogP contribution in [0.5, 0.6) is 11.5 Å². The number of benzene rings is 3. The van der Waals surface area contributed by atoms with E-state index in [0.29, 0.717) is 46.2 Å². The molecule has 3 aromatic rings. The van der Waals surface area contributed by atoms with Crippen molar-refractivity contribution in [2.24, 2.45) is 0 Å². The molecule has 8 heteroatoms. The molecular weight excluding hydrogens is 455 g/mol. The highest BCUT2D eigenvalue weighted by Crippen LogP contribution is 2.39. The van der Waals surface area contributed by atoms with E-state index in [2.05, 4.69) is 10.6 Å². The summed E-state index contributed by atoms with van der Waals surface area (Å²) in [5, 5.41) is 5.69. The maximum absolute atomic E-state index is 13.9. The third kappa shape index (κ3) is 5.23. The summed E-state index contributed by atoms with van der Waals surface area (Å²) in [7, 11) is 3.16. The Morgan fingerprint density at radius 1 is 1.06 bits per heavy atom. The summed E-state index contributed by atoms with van der Waals surface area (Å²) in [6, 6.07) is 17.0. The molecule has 0 atom stereocenters. The van der Waals surface area contributed by atoms with E-state index in [4.69, 9.17) is 9.47 Å². The summed E-state index contributed by atoms with van der Waals surface area (Å²) in [4.78, 5) is 26.3. The van der Waals surface area contributed by atoms with Gasteiger partial charge in [0.05, 0.1) is 24.8 Å². The summed E-state index contributed by atoms with van der Waals surface area (Å²) >= 11 is 1.24. The second-order valence-electron chi connectivity index (χ2n) is 7.49. The third-order valence-electron chi connectivity index (χ3n) is 5.27. The number of hydrogen-bond acceptors (Lipinski definition) is 5. The topological polar surface area (TPSA) is 76.7 Å². The van der Waals surface area contributed by atoms with Crippen molar-refractivity contribution in [1.82, 2.24) is 5.32 Å². The molecule has 34 heavy (non-hydrogen) atoms. The predicted molar refractivity (Wildman–Crippen MR) is 131 cm³/mol. The molecule has 2 amide bonds. The Morgan fingerprint density at radius 2 is 1.85 bits per heavy atom. The minimum Gasteiger partial charge on any atom is -0.493 e. The Labute approximate surface area is 201 Å². The number of nitrogens with one attached hydrogen (secondary N) is 2. The van der Waals surface area contributed by atoms with E-state index in [1.807, 2.05) is 18.2 Å². The van der Waals surface area contributed by atoms with Crippen LogP contribution in [0.2, 0.25) is 0 Å². The Kier molecular flexibility index (Phi) is 7.18. The molecule has 0 aliphatic carbocycles. The number of thioether (sulfide) groups is 1. The highest BCUT2D eigenvalue weighted by Gasteiger charge is 2.22. The van der Waals surface area contributed by atoms with Crippen molar-refractivity contribution >= 4 is 35.3 Å². The zero-order valence-corrected chi connectivity index (χ0v) is 19.5. The SMILES string of the molecule is COc1ccc(CCNC(=O)c2ccc3c(c2)NC(=O)/C(=C\c2ccccc2F)S3)cc1OC. The highest BCUT2D eigenvalue weighted by atomic mass is 32.2. The molecule has 3 aromatic carbocycles. The Morgan fingerprint density at radius 3 is 2.62 bits per heavy atom. The van der Waals surface area contributed by atoms with Crippen LogP contribution in [0.25, 0.3) is 6.08 Å². The van der Waals surface area contributed by atoms with E-state index in [9.17, 15) is 14.0 Å². The van der Waals surface area contributed by atoms with Gasteiger partial charge in [0, 0.05) is 22.6 Å². The van der Waals surface area contributed by atoms with Gasteiger partial charge in [-0.1, -0.05) is 36.0 Å². The number of hydrogen-bond donors (Lipinski definition) is 2. The maximum Gasteiger partial charge on any atom is 0.262 e. The number of rotatable bonds is 7. The van der Waals surface area contributed by atoms with Crippen molar-refractivity contribution in [3.8, 4) is 11.5 Å². The molecule has 0 fully saturated rings. The first-order valence-electron chi connectivity index (χ1n) is 10.6. The number of ether oxygens (including phenoxy) is 2. The zero-order chi connectivity index (χ0) is 24.1. The first-order chi connectivity index (χ1) is 16.5. The smallest absolute Gasteiger partial charge is 0.262 e. The molecule has 0 unspecified atom stereocenters. The Hall–Kier alpha value is -3.78. The maximum atomic E-state index is 13.9. The van der Waals surface area contributed by atoms with E-state index in [-0.39, 0.29) is 11.8 Å². The van der Waals surface area contributed by atoms with E-state index in [0.717, 1.165) is 10.5 Å². The largest absolute Gasteiger partial charge is 0.493 e. The Bertz CT molecular complexity index is 1280. The molecule has 0 saturated heterocycles. The second kappa shape index (κ2) is 10.4. The van der Waals surface area contributed by atoms with E-state index in [1.165, 1.54) is 23.9 Å². The van der Waals surface area contributed by atoms with Gasteiger partial charge in [0.15, 0.2) is 11.5 Å². The minimum atomic E-state index is -0.394. The Balaban J connectivity index is 1.40. The van der Waals surface area contributed by atoms with Gasteiger partial charge in [0.1, 0.15) is 5.82 Å². The molecule has 4 rings (SSSR count). The predicted octanol–water partition coefficient (Wildman–Crippen LogP) is 4.90. The molecule has 1 aliphatic heterocycles. The fourth-order valence-corrected chi connectivity index (χ4v) is 4.42. The number of halogens is 1. The average molecular weight is 479 g/mol. The lowest BCUT2D eigenvalue weighted by molar-refractivity contribution is -0.112. The van der Waals surface area contributed by atoms with Gasteiger partial charge in [-0.3, -0.25) is 9.59 Å². The molecule has 0 radical (unpaired) electrons. The van der Waals surface area contributed by atoms with E-state index in [1.54, 1.807) is 50.6 Å². The average Bonchev–Trinajstić information content (AvgIpc) is 2.85. The van der Waals surface area contributed by atoms with Gasteiger partial charge < -0.3 is 20.1 Å². The first-order valence-corrected chi connectivity index (χ1v) is 11.4. The standard InChI is InChI=1S/C26H23FN2O4S/c1-32-21-9-7-16(13-22(21)33-2)11-12-28-25(30)18-8-10-23-20(14-18)29-26(31)24(34-23)15-17-5-3-4-6-19(17)27/h3-10,13-15H,11-12H2,1-2H3,(H,28,30)(H,29,31)/b24-15+. The lowest BCUT2D eigenvalue weighted by atomic mass is 10.1. The monoisotopic (exact) mass is 478 g/mol. The summed E-state index contributed by atoms with van der Waals surface area (Å²) in [5.74, 6) is 0.310. The van der Waals surface area contributed by atoms with Gasteiger partial charge in [-0.15, -0.1) is 0 Å². The first kappa shape index (κ1) is 23.4. The van der Waals surface area contributed by atoms with Gasteiger partial charge >= 0.3 is 0 Å². The quantitative estimate of drug-likeness (QED) is 0.473. The van der Waals surface area contributed by atoms with Crippen molar-refractivity contribution in [3.05, 3.63) is 88.1 Å². The second-order valence-corrected chi connectivity index (χ2v) is 8.58. The number of amides is 2. The molecule has 1 heterocycles. The molecular formula is C26H23FN2O4S. The number of methoxy groups -OCH3 is 2. The fraction of sp³-hybridized carbons (Fsp3) is 0.154. The molecule has 0 spiro atoms. The van der Waals surface area contributed by atoms with Crippen LogP contribution in [0.15, 0.2) is 70.5 Å². The lowest BCUT2D eigenvalue weighted by Gasteiger charge is -2.19. The minimum absolute atomic E-state index is 0.241. The van der Waals surface area contributed by atoms with Crippen LogP contribution in [0, 0.1) is 5.82 Å². The van der Waals surface area contributed by atoms with Crippen LogP contribution in [-0.4, -0.2) is 32.6 Å². The van der Waals surface area contributed by atoms with Crippen molar-refractivity contribution in [1.29, 1.82) is 0 Å². The zero-order valence-electron chi connectivity index (χ0n) is 18.7. The summed E-state index contributed by atoms with van der Waals surface area (Å²) in [5.41, 5.74) is 2.33. The van der Waals surface area contributed by atoms with Crippen LogP contribution < -0.4 is 20.1 Å². The van der Waals surface area contributed by atoms with Gasteiger partial charge in [0.2, 0.25) is 0 Å². The molecule has 174 valence electrons. The van der Waals surface area contributed by atoms with Crippen LogP contribution in [-0.2, 0) is 11.2 Å². The third-order valence-corrected chi connectivity index (χ3v) is 6.37. The normalized spacial score (nSPS) is 13.7. The number of carbonyl (C=O) groups is 2. The van der Waals surface area contributed by atoms with Crippen molar-refractivity contribution in [2.75, 3.05) is 26.1 Å². The van der Waals surface area contributed by atoms with E-state index < -0.39 is 5.82 Å². The van der Waals surface area contributed by atoms with Crippen LogP contribution in [0.4, 0.5) is 10.1 Å². The molecule has 1 aliphatic rings. The molecule has 6 nitrogen and oxygen atoms in total. The van der Waals surface area contributed by atoms with Gasteiger partial charge in [-0.25, -0.2) is 4.39 Å². The van der Waals surface area contributed by atoms with Gasteiger partial charge in [0.25, 0.3) is 11.8 Å². The fourth-order valence-electron chi connectivity index (χ4n) is 3.49. The summed E-state index contributed by atoms with van der Waals surface area (Å²) in [6.45, 7) is 0.433. The summed E-state index contributed by atoms with van der Waals surface area (Å²) < 4.78 is 24.5. The lowest BCUT2D eigenvalue weighted by Crippen LogP contribution is -2.26. The van der Waals surface area contributed by atoms with Crippen molar-refractivity contribution < 1.29 is 23.5 Å². The van der Waals surface area contributed by atoms with Crippen LogP contribution in [0.1, 0.15) is 21.5 Å². The summed E-state index contributed by atoms with van der Waals surface area (Å²) in [6.07, 6.45) is 2.14. The number of anilines is 1. The van der Waals surface area contributed by atoms with Gasteiger partial charge in [-0.05, 0) is 54.5 Å². The highest BCUT2D eigenvalue weighted by molar-refractivity contribution is 8.04. The molecule has 2 N–H and O–H groups in total. The molecule has 0 saturated carbocycles. The van der Waals surface area contributed by atoms with Gasteiger partial charge in [-0.2, -0.15) is 0 Å².